The summed E-state index contributed by atoms with van der Waals surface area (Å²) in [6, 6.07) is 8.12. The topological polar surface area (TPSA) is 67.1 Å². The number of rotatable bonds is 1. The van der Waals surface area contributed by atoms with Gasteiger partial charge in [-0.3, -0.25) is 0 Å². The van der Waals surface area contributed by atoms with Crippen LogP contribution in [-0.2, 0) is 5.54 Å². The first-order valence-corrected chi connectivity index (χ1v) is 7.86. The molecule has 1 aromatic carbocycles. The fourth-order valence-electron chi connectivity index (χ4n) is 4.02. The van der Waals surface area contributed by atoms with Crippen LogP contribution < -0.4 is 4.90 Å². The van der Waals surface area contributed by atoms with Gasteiger partial charge in [0.15, 0.2) is 0 Å². The molecule has 1 atom stereocenters. The molecule has 23 heavy (non-hydrogen) atoms. The molecule has 2 aliphatic rings. The lowest BCUT2D eigenvalue weighted by Gasteiger charge is -2.49. The Morgan fingerprint density at radius 3 is 2.91 bits per heavy atom. The highest BCUT2D eigenvalue weighted by Crippen LogP contribution is 2.46. The molecule has 0 saturated carbocycles. The quantitative estimate of drug-likeness (QED) is 0.742. The number of nitrogens with zero attached hydrogens (tertiary/aromatic N) is 5. The number of anilines is 1. The van der Waals surface area contributed by atoms with Gasteiger partial charge < -0.3 is 14.6 Å². The van der Waals surface area contributed by atoms with Crippen molar-refractivity contribution in [1.29, 1.82) is 0 Å². The van der Waals surface area contributed by atoms with Gasteiger partial charge >= 0.3 is 0 Å². The number of aromatic nitrogens is 4. The molecule has 0 radical (unpaired) electrons. The lowest BCUT2D eigenvalue weighted by Crippen LogP contribution is -2.61. The molecule has 116 valence electrons. The van der Waals surface area contributed by atoms with Gasteiger partial charge in [-0.25, -0.2) is 15.0 Å². The van der Waals surface area contributed by atoms with Crippen molar-refractivity contribution >= 4 is 16.7 Å². The van der Waals surface area contributed by atoms with E-state index in [9.17, 15) is 5.11 Å². The Bertz CT molecular complexity index is 912. The molecule has 4 heterocycles. The predicted molar refractivity (Wildman–Crippen MR) is 86.3 cm³/mol. The van der Waals surface area contributed by atoms with Gasteiger partial charge in [0, 0.05) is 37.3 Å². The van der Waals surface area contributed by atoms with E-state index in [0.717, 1.165) is 47.9 Å². The molecule has 1 fully saturated rings. The second-order valence-electron chi connectivity index (χ2n) is 6.57. The van der Waals surface area contributed by atoms with E-state index >= 15 is 0 Å². The molecule has 1 spiro atoms. The number of aliphatic hydroxyl groups is 1. The van der Waals surface area contributed by atoms with Crippen molar-refractivity contribution in [3.05, 3.63) is 48.3 Å². The van der Waals surface area contributed by atoms with Crippen LogP contribution in [0.25, 0.3) is 10.9 Å². The summed E-state index contributed by atoms with van der Waals surface area (Å²) in [5.74, 6) is 2.56. The normalized spacial score (nSPS) is 21.7. The summed E-state index contributed by atoms with van der Waals surface area (Å²) in [5, 5.41) is 11.3. The number of imidazole rings is 1. The van der Waals surface area contributed by atoms with E-state index in [4.69, 9.17) is 0 Å². The Hall–Kier alpha value is -2.47. The molecule has 1 unspecified atom stereocenters. The largest absolute Gasteiger partial charge is 0.385 e. The summed E-state index contributed by atoms with van der Waals surface area (Å²) in [6.45, 7) is 3.61. The predicted octanol–water partition coefficient (Wildman–Crippen LogP) is 1.79. The fraction of sp³-hybridized carbons (Fsp3) is 0.353. The van der Waals surface area contributed by atoms with Gasteiger partial charge in [-0.1, -0.05) is 12.1 Å². The van der Waals surface area contributed by atoms with Crippen LogP contribution >= 0.6 is 0 Å². The van der Waals surface area contributed by atoms with Crippen LogP contribution in [0.5, 0.6) is 0 Å². The van der Waals surface area contributed by atoms with Crippen molar-refractivity contribution in [2.45, 2.75) is 25.0 Å². The van der Waals surface area contributed by atoms with Crippen LogP contribution in [0.2, 0.25) is 0 Å². The SMILES string of the molecule is Cc1nc(N2CC3(CC(O)c4nccn43)C2)c2ccccc2n1. The Morgan fingerprint density at radius 2 is 2.04 bits per heavy atom. The van der Waals surface area contributed by atoms with Crippen LogP contribution in [0.1, 0.15) is 24.2 Å². The van der Waals surface area contributed by atoms with Crippen LogP contribution in [0.4, 0.5) is 5.82 Å². The third-order valence-electron chi connectivity index (χ3n) is 5.02. The molecule has 0 bridgehead atoms. The molecule has 1 saturated heterocycles. The van der Waals surface area contributed by atoms with Gasteiger partial charge in [-0.2, -0.15) is 0 Å². The number of para-hydroxylation sites is 1. The Kier molecular flexibility index (Phi) is 2.43. The monoisotopic (exact) mass is 307 g/mol. The number of hydrogen-bond acceptors (Lipinski definition) is 5. The maximum Gasteiger partial charge on any atom is 0.140 e. The first kappa shape index (κ1) is 13.0. The van der Waals surface area contributed by atoms with E-state index in [1.54, 1.807) is 6.20 Å². The highest BCUT2D eigenvalue weighted by atomic mass is 16.3. The highest BCUT2D eigenvalue weighted by molar-refractivity contribution is 5.90. The summed E-state index contributed by atoms with van der Waals surface area (Å²) < 4.78 is 2.14. The first-order valence-electron chi connectivity index (χ1n) is 7.86. The minimum Gasteiger partial charge on any atom is -0.385 e. The third-order valence-corrected chi connectivity index (χ3v) is 5.02. The second-order valence-corrected chi connectivity index (χ2v) is 6.57. The van der Waals surface area contributed by atoms with Crippen molar-refractivity contribution in [3.63, 3.8) is 0 Å². The van der Waals surface area contributed by atoms with Crippen LogP contribution in [0, 0.1) is 6.92 Å². The van der Waals surface area contributed by atoms with E-state index in [0.29, 0.717) is 0 Å². The summed E-state index contributed by atoms with van der Waals surface area (Å²) in [4.78, 5) is 15.7. The molecular formula is C17H17N5O. The van der Waals surface area contributed by atoms with Crippen molar-refractivity contribution in [2.24, 2.45) is 0 Å². The van der Waals surface area contributed by atoms with Gasteiger partial charge in [0.2, 0.25) is 0 Å². The van der Waals surface area contributed by atoms with Crippen LogP contribution in [-0.4, -0.2) is 37.7 Å². The summed E-state index contributed by atoms with van der Waals surface area (Å²) in [5.41, 5.74) is 0.927. The first-order chi connectivity index (χ1) is 11.2. The Morgan fingerprint density at radius 1 is 1.22 bits per heavy atom. The molecule has 0 aliphatic carbocycles. The molecule has 2 aromatic heterocycles. The van der Waals surface area contributed by atoms with E-state index < -0.39 is 6.10 Å². The lowest BCUT2D eigenvalue weighted by atomic mass is 9.86. The average molecular weight is 307 g/mol. The zero-order valence-electron chi connectivity index (χ0n) is 12.8. The molecule has 0 amide bonds. The molecule has 6 nitrogen and oxygen atoms in total. The van der Waals surface area contributed by atoms with E-state index in [2.05, 4.69) is 30.5 Å². The third kappa shape index (κ3) is 1.69. The molecule has 2 aliphatic heterocycles. The number of aliphatic hydroxyl groups excluding tert-OH is 1. The Balaban J connectivity index is 1.53. The minimum absolute atomic E-state index is 0.0504. The standard InChI is InChI=1S/C17H17N5O/c1-11-19-13-5-3-2-4-12(13)15(20-11)21-9-17(10-21)8-14(23)16-18-6-7-22(16)17/h2-7,14,23H,8-10H2,1H3. The van der Waals surface area contributed by atoms with Crippen molar-refractivity contribution < 1.29 is 5.11 Å². The molecule has 1 N–H and O–H groups in total. The van der Waals surface area contributed by atoms with Gasteiger partial charge in [-0.05, 0) is 19.1 Å². The minimum atomic E-state index is -0.462. The number of aryl methyl sites for hydroxylation is 1. The van der Waals surface area contributed by atoms with E-state index in [-0.39, 0.29) is 5.54 Å². The summed E-state index contributed by atoms with van der Waals surface area (Å²) in [7, 11) is 0. The summed E-state index contributed by atoms with van der Waals surface area (Å²) >= 11 is 0. The smallest absolute Gasteiger partial charge is 0.140 e. The van der Waals surface area contributed by atoms with Crippen molar-refractivity contribution in [3.8, 4) is 0 Å². The van der Waals surface area contributed by atoms with Gasteiger partial charge in [0.1, 0.15) is 23.6 Å². The second kappa shape index (κ2) is 4.29. The molecule has 5 rings (SSSR count). The molecule has 6 heteroatoms. The zero-order valence-corrected chi connectivity index (χ0v) is 12.8. The number of benzene rings is 1. The highest BCUT2D eigenvalue weighted by Gasteiger charge is 2.52. The summed E-state index contributed by atoms with van der Waals surface area (Å²) in [6.07, 6.45) is 4.02. The molecular weight excluding hydrogens is 290 g/mol. The van der Waals surface area contributed by atoms with Crippen LogP contribution in [0.15, 0.2) is 36.7 Å². The van der Waals surface area contributed by atoms with Gasteiger partial charge in [0.25, 0.3) is 0 Å². The lowest BCUT2D eigenvalue weighted by molar-refractivity contribution is 0.128. The average Bonchev–Trinajstić information content (AvgIpc) is 3.08. The van der Waals surface area contributed by atoms with Crippen molar-refractivity contribution in [1.82, 2.24) is 19.5 Å². The van der Waals surface area contributed by atoms with Gasteiger partial charge in [-0.15, -0.1) is 0 Å². The number of hydrogen-bond donors (Lipinski definition) is 1. The number of fused-ring (bicyclic) bond motifs is 3. The van der Waals surface area contributed by atoms with E-state index in [1.165, 1.54) is 0 Å². The van der Waals surface area contributed by atoms with Gasteiger partial charge in [0.05, 0.1) is 11.1 Å². The Labute approximate surface area is 133 Å². The van der Waals surface area contributed by atoms with Crippen LogP contribution in [0.3, 0.4) is 0 Å². The van der Waals surface area contributed by atoms with E-state index in [1.807, 2.05) is 31.3 Å². The molecule has 3 aromatic rings. The fourth-order valence-corrected chi connectivity index (χ4v) is 4.02. The zero-order chi connectivity index (χ0) is 15.6. The maximum atomic E-state index is 10.2. The maximum absolute atomic E-state index is 10.2. The van der Waals surface area contributed by atoms with Crippen molar-refractivity contribution in [2.75, 3.05) is 18.0 Å².